The van der Waals surface area contributed by atoms with Crippen molar-refractivity contribution in [1.82, 2.24) is 10.6 Å². The van der Waals surface area contributed by atoms with Crippen molar-refractivity contribution in [3.05, 3.63) is 60.2 Å². The average molecular weight is 511 g/mol. The van der Waals surface area contributed by atoms with E-state index < -0.39 is 12.0 Å². The molecule has 2 atom stereocenters. The second kappa shape index (κ2) is 15.4. The van der Waals surface area contributed by atoms with Crippen LogP contribution in [0, 0.1) is 5.92 Å². The number of carboxylic acids is 1. The van der Waals surface area contributed by atoms with Gasteiger partial charge in [0.25, 0.3) is 0 Å². The minimum Gasteiger partial charge on any atom is -0.481 e. The number of nitrogens with one attached hydrogen (secondary N) is 2. The fourth-order valence-corrected chi connectivity index (χ4v) is 4.87. The Kier molecular flexibility index (Phi) is 12.6. The van der Waals surface area contributed by atoms with Gasteiger partial charge in [-0.05, 0) is 41.9 Å². The van der Waals surface area contributed by atoms with Gasteiger partial charge in [-0.1, -0.05) is 87.7 Å². The average Bonchev–Trinajstić information content (AvgIpc) is 2.83. The largest absolute Gasteiger partial charge is 0.481 e. The van der Waals surface area contributed by atoms with Crippen LogP contribution >= 0.6 is 0 Å². The summed E-state index contributed by atoms with van der Waals surface area (Å²) < 4.78 is 0.605. The lowest BCUT2D eigenvalue weighted by molar-refractivity contribution is -0.898. The van der Waals surface area contributed by atoms with Crippen LogP contribution in [-0.4, -0.2) is 61.4 Å². The van der Waals surface area contributed by atoms with Gasteiger partial charge in [0.1, 0.15) is 6.04 Å². The molecule has 0 aliphatic rings. The van der Waals surface area contributed by atoms with Crippen molar-refractivity contribution in [3.63, 3.8) is 0 Å². The molecular formula is C31H48N3O3+. The van der Waals surface area contributed by atoms with E-state index in [1.54, 1.807) is 0 Å². The van der Waals surface area contributed by atoms with Crippen LogP contribution in [0.15, 0.2) is 54.6 Å². The van der Waals surface area contributed by atoms with Crippen molar-refractivity contribution >= 4 is 12.0 Å². The zero-order valence-corrected chi connectivity index (χ0v) is 23.5. The highest BCUT2D eigenvalue weighted by Crippen LogP contribution is 2.21. The van der Waals surface area contributed by atoms with Crippen LogP contribution in [0.2, 0.25) is 0 Å². The Morgan fingerprint density at radius 2 is 1.43 bits per heavy atom. The third-order valence-electron chi connectivity index (χ3n) is 6.87. The Morgan fingerprint density at radius 1 is 0.838 bits per heavy atom. The number of likely N-dealkylation sites (N-methyl/N-ethyl adjacent to an activating group) is 1. The number of urea groups is 1. The molecule has 0 aliphatic heterocycles. The number of aryl methyl sites for hydroxylation is 1. The molecule has 0 bridgehead atoms. The molecule has 0 fully saturated rings. The number of carbonyl (C=O) groups excluding carboxylic acids is 1. The van der Waals surface area contributed by atoms with Crippen molar-refractivity contribution in [2.75, 3.05) is 27.7 Å². The molecule has 6 heteroatoms. The van der Waals surface area contributed by atoms with E-state index in [1.165, 1.54) is 23.1 Å². The Labute approximate surface area is 224 Å². The molecule has 2 aromatic carbocycles. The van der Waals surface area contributed by atoms with Crippen LogP contribution in [0.1, 0.15) is 64.4 Å². The number of benzene rings is 2. The maximum atomic E-state index is 12.5. The molecule has 0 aromatic heterocycles. The molecule has 0 radical (unpaired) electrons. The van der Waals surface area contributed by atoms with Crippen LogP contribution in [0.4, 0.5) is 4.79 Å². The summed E-state index contributed by atoms with van der Waals surface area (Å²) in [5.74, 6) is -0.475. The van der Waals surface area contributed by atoms with Crippen LogP contribution in [0.25, 0.3) is 11.1 Å². The van der Waals surface area contributed by atoms with Gasteiger partial charge in [-0.15, -0.1) is 0 Å². The lowest BCUT2D eigenvalue weighted by Crippen LogP contribution is -2.59. The molecular weight excluding hydrogens is 462 g/mol. The van der Waals surface area contributed by atoms with E-state index in [4.69, 9.17) is 0 Å². The first kappa shape index (κ1) is 30.4. The number of hydrogen-bond donors (Lipinski definition) is 3. The van der Waals surface area contributed by atoms with E-state index in [2.05, 4.69) is 94.2 Å². The molecule has 0 aliphatic carbocycles. The highest BCUT2D eigenvalue weighted by atomic mass is 16.4. The summed E-state index contributed by atoms with van der Waals surface area (Å²) in [4.78, 5) is 24.0. The van der Waals surface area contributed by atoms with Crippen molar-refractivity contribution in [3.8, 4) is 11.1 Å². The molecule has 37 heavy (non-hydrogen) atoms. The van der Waals surface area contributed by atoms with Crippen LogP contribution < -0.4 is 10.6 Å². The van der Waals surface area contributed by atoms with Crippen molar-refractivity contribution in [1.29, 1.82) is 0 Å². The van der Waals surface area contributed by atoms with Gasteiger partial charge < -0.3 is 20.2 Å². The zero-order valence-electron chi connectivity index (χ0n) is 23.5. The summed E-state index contributed by atoms with van der Waals surface area (Å²) in [5.41, 5.74) is 3.87. The molecule has 2 aromatic rings. The standard InChI is InChI=1S/C31H47N3O3/c1-24(2)22-29(34(3,4)5)28(23-30(35)36)33-31(37)32-21-13-8-6-7-10-14-25-17-19-27(20-18-25)26-15-11-9-12-16-26/h9,11-12,15-20,24,28-29H,6-8,10,13-14,21-23H2,1-5H3,(H2-,32,33,35,36,37)/p+1. The minimum atomic E-state index is -0.889. The number of hydrogen-bond acceptors (Lipinski definition) is 2. The lowest BCUT2D eigenvalue weighted by Gasteiger charge is -2.40. The molecule has 0 heterocycles. The Morgan fingerprint density at radius 3 is 2.03 bits per heavy atom. The predicted octanol–water partition coefficient (Wildman–Crippen LogP) is 6.11. The molecule has 2 unspecified atom stereocenters. The van der Waals surface area contributed by atoms with Gasteiger partial charge in [-0.3, -0.25) is 4.79 Å². The van der Waals surface area contributed by atoms with E-state index in [0.29, 0.717) is 16.9 Å². The third-order valence-corrected chi connectivity index (χ3v) is 6.87. The molecule has 2 amide bonds. The highest BCUT2D eigenvalue weighted by molar-refractivity contribution is 5.75. The van der Waals surface area contributed by atoms with Gasteiger partial charge in [0.2, 0.25) is 0 Å². The van der Waals surface area contributed by atoms with E-state index >= 15 is 0 Å². The molecule has 6 nitrogen and oxygen atoms in total. The van der Waals surface area contributed by atoms with Crippen LogP contribution in [0.5, 0.6) is 0 Å². The first-order chi connectivity index (χ1) is 17.6. The predicted molar refractivity (Wildman–Crippen MR) is 153 cm³/mol. The second-order valence-electron chi connectivity index (χ2n) is 11.5. The van der Waals surface area contributed by atoms with Gasteiger partial charge in [0, 0.05) is 13.0 Å². The Hall–Kier alpha value is -2.86. The number of aliphatic carboxylic acids is 1. The van der Waals surface area contributed by atoms with Crippen molar-refractivity contribution in [2.45, 2.75) is 77.3 Å². The first-order valence-electron chi connectivity index (χ1n) is 13.8. The van der Waals surface area contributed by atoms with Gasteiger partial charge in [-0.2, -0.15) is 0 Å². The van der Waals surface area contributed by atoms with Crippen LogP contribution in [0.3, 0.4) is 0 Å². The van der Waals surface area contributed by atoms with Crippen molar-refractivity contribution < 1.29 is 19.2 Å². The summed E-state index contributed by atoms with van der Waals surface area (Å²) in [5, 5.41) is 15.3. The maximum Gasteiger partial charge on any atom is 0.315 e. The fraction of sp³-hybridized carbons (Fsp3) is 0.548. The zero-order chi connectivity index (χ0) is 27.3. The lowest BCUT2D eigenvalue weighted by atomic mass is 9.93. The number of amides is 2. The summed E-state index contributed by atoms with van der Waals surface area (Å²) in [6, 6.07) is 18.6. The summed E-state index contributed by atoms with van der Waals surface area (Å²) in [6.07, 6.45) is 7.34. The molecule has 204 valence electrons. The van der Waals surface area contributed by atoms with Crippen LogP contribution in [-0.2, 0) is 11.2 Å². The molecule has 3 N–H and O–H groups in total. The normalized spacial score (nSPS) is 13.2. The SMILES string of the molecule is CC(C)CC(C(CC(=O)O)NC(=O)NCCCCCCCc1ccc(-c2ccccc2)cc1)[N+](C)(C)C. The number of nitrogens with zero attached hydrogens (tertiary/aromatic N) is 1. The number of unbranched alkanes of at least 4 members (excludes halogenated alkanes) is 4. The van der Waals surface area contributed by atoms with Crippen molar-refractivity contribution in [2.24, 2.45) is 5.92 Å². The molecule has 2 rings (SSSR count). The molecule has 0 spiro atoms. The number of quaternary nitrogens is 1. The number of rotatable bonds is 16. The number of carbonyl (C=O) groups is 2. The minimum absolute atomic E-state index is 0.0244. The van der Waals surface area contributed by atoms with Gasteiger partial charge in [0.05, 0.1) is 33.6 Å². The monoisotopic (exact) mass is 510 g/mol. The maximum absolute atomic E-state index is 12.5. The molecule has 0 saturated carbocycles. The van der Waals surface area contributed by atoms with Gasteiger partial charge in [0.15, 0.2) is 0 Å². The molecule has 0 saturated heterocycles. The van der Waals surface area contributed by atoms with E-state index in [0.717, 1.165) is 38.5 Å². The Bertz CT molecular complexity index is 936. The summed E-state index contributed by atoms with van der Waals surface area (Å²) in [7, 11) is 6.17. The van der Waals surface area contributed by atoms with Gasteiger partial charge in [-0.25, -0.2) is 4.79 Å². The van der Waals surface area contributed by atoms with E-state index in [1.807, 2.05) is 6.07 Å². The highest BCUT2D eigenvalue weighted by Gasteiger charge is 2.35. The van der Waals surface area contributed by atoms with E-state index in [9.17, 15) is 14.7 Å². The summed E-state index contributed by atoms with van der Waals surface area (Å²) in [6.45, 7) is 4.86. The second-order valence-corrected chi connectivity index (χ2v) is 11.5. The third kappa shape index (κ3) is 11.8. The summed E-state index contributed by atoms with van der Waals surface area (Å²) >= 11 is 0. The quantitative estimate of drug-likeness (QED) is 0.188. The topological polar surface area (TPSA) is 78.4 Å². The Balaban J connectivity index is 1.65. The van der Waals surface area contributed by atoms with E-state index in [-0.39, 0.29) is 18.5 Å². The van der Waals surface area contributed by atoms with Gasteiger partial charge >= 0.3 is 12.0 Å². The first-order valence-corrected chi connectivity index (χ1v) is 13.8. The number of carboxylic acid groups (broad SMARTS) is 1. The smallest absolute Gasteiger partial charge is 0.315 e. The fourth-order valence-electron chi connectivity index (χ4n) is 4.87.